The first-order chi connectivity index (χ1) is 19.7. The number of nitrogens with zero attached hydrogens (tertiary/aromatic N) is 6. The van der Waals surface area contributed by atoms with Crippen molar-refractivity contribution in [3.8, 4) is 0 Å². The van der Waals surface area contributed by atoms with Crippen LogP contribution in [-0.4, -0.2) is 103 Å². The number of hydrogen-bond donors (Lipinski definition) is 6. The van der Waals surface area contributed by atoms with E-state index in [0.717, 1.165) is 0 Å². The highest BCUT2D eigenvalue weighted by Gasteiger charge is 2.45. The van der Waals surface area contributed by atoms with E-state index in [9.17, 15) is 34.4 Å². The van der Waals surface area contributed by atoms with E-state index in [1.807, 2.05) is 0 Å². The van der Waals surface area contributed by atoms with Crippen molar-refractivity contribution in [2.75, 3.05) is 13.2 Å². The molecule has 8 atom stereocenters. The third-order valence-corrected chi connectivity index (χ3v) is 7.94. The predicted octanol–water partition coefficient (Wildman–Crippen LogP) is -1.96. The number of aliphatic hydroxyl groups excluding tert-OH is 3. The van der Waals surface area contributed by atoms with Crippen LogP contribution in [0, 0.1) is 0 Å². The number of ether oxygens (including phenoxy) is 2. The number of aromatic nitrogens is 8. The van der Waals surface area contributed by atoms with E-state index in [1.54, 1.807) is 0 Å². The zero-order valence-electron chi connectivity index (χ0n) is 21.0. The van der Waals surface area contributed by atoms with E-state index in [2.05, 4.69) is 29.9 Å². The fourth-order valence-corrected chi connectivity index (χ4v) is 5.88. The molecule has 6 N–H and O–H groups in total. The summed E-state index contributed by atoms with van der Waals surface area (Å²) in [7, 11) is -4.73. The monoisotopic (exact) mass is 596 g/mol. The number of phosphoric ester groups is 1. The molecule has 0 spiro atoms. The molecule has 0 amide bonds. The van der Waals surface area contributed by atoms with Crippen molar-refractivity contribution in [3.05, 3.63) is 46.0 Å². The molecule has 19 nitrogen and oxygen atoms in total. The van der Waals surface area contributed by atoms with Gasteiger partial charge < -0.3 is 39.7 Å². The number of nitrogens with one attached hydrogen (secondary N) is 2. The molecular weight excluding hydrogens is 571 g/mol. The second-order valence-corrected chi connectivity index (χ2v) is 10.9. The van der Waals surface area contributed by atoms with Gasteiger partial charge in [0.05, 0.1) is 50.7 Å². The summed E-state index contributed by atoms with van der Waals surface area (Å²) in [6.45, 7) is -0.811. The number of phosphoric acid groups is 1. The molecule has 6 heterocycles. The molecule has 0 saturated carbocycles. The average molecular weight is 596 g/mol. The lowest BCUT2D eigenvalue weighted by Crippen LogP contribution is -2.32. The highest BCUT2D eigenvalue weighted by atomic mass is 31.2. The molecule has 2 aliphatic rings. The number of imidazole rings is 2. The summed E-state index contributed by atoms with van der Waals surface area (Å²) in [5.74, 6) is 0. The first kappa shape index (κ1) is 27.8. The van der Waals surface area contributed by atoms with Gasteiger partial charge in [-0.15, -0.1) is 0 Å². The Bertz CT molecular complexity index is 1720. The zero-order valence-corrected chi connectivity index (χ0v) is 21.9. The molecule has 4 aromatic rings. The van der Waals surface area contributed by atoms with Crippen molar-refractivity contribution in [2.45, 2.75) is 55.8 Å². The quantitative estimate of drug-likeness (QED) is 0.115. The van der Waals surface area contributed by atoms with E-state index in [1.165, 1.54) is 34.4 Å². The maximum atomic E-state index is 12.8. The standard InChI is InChI=1S/C21H25N8O11P/c30-4-9-3-11(20(38-9)28-7-26-12-16(28)22-5-24-18(12)33)40-41(35,36)37-2-1-10-14(31)15(32)21(39-10)29-8-27-13-17(29)23-6-25-19(13)34/h5-11,14-15,20-21,30-32H,1-4H2,(H,35,36)(H,22,24,33)(H,23,25,34)/t9-,10+,11+,14+,15+,20+,21+/m0/s1. The zero-order chi connectivity index (χ0) is 28.9. The molecule has 6 rings (SSSR count). The SMILES string of the molecule is O=c1[nH]cnc2c1ncn2[C@@H]1O[C@H](CCOP(=O)(O)O[C@@H]2C[C@@H](CO)O[C@H]2n2cnc3c(=O)[nH]cnc32)[C@@H](O)[C@H]1O. The van der Waals surface area contributed by atoms with E-state index in [4.69, 9.17) is 18.5 Å². The molecule has 2 aliphatic heterocycles. The first-order valence-electron chi connectivity index (χ1n) is 12.4. The Morgan fingerprint density at radius 1 is 0.951 bits per heavy atom. The van der Waals surface area contributed by atoms with Crippen LogP contribution in [0.1, 0.15) is 25.3 Å². The highest BCUT2D eigenvalue weighted by Crippen LogP contribution is 2.49. The van der Waals surface area contributed by atoms with Gasteiger partial charge in [0.15, 0.2) is 34.8 Å². The number of fused-ring (bicyclic) bond motifs is 2. The van der Waals surface area contributed by atoms with E-state index in [0.29, 0.717) is 0 Å². The van der Waals surface area contributed by atoms with Gasteiger partial charge in [0, 0.05) is 12.8 Å². The summed E-state index contributed by atoms with van der Waals surface area (Å²) >= 11 is 0. The Morgan fingerprint density at radius 2 is 1.56 bits per heavy atom. The molecule has 0 bridgehead atoms. The van der Waals surface area contributed by atoms with Crippen molar-refractivity contribution in [1.82, 2.24) is 39.0 Å². The largest absolute Gasteiger partial charge is 0.472 e. The Morgan fingerprint density at radius 3 is 2.17 bits per heavy atom. The minimum absolute atomic E-state index is 0.0198. The number of aromatic amines is 2. The molecular formula is C21H25N8O11P. The minimum atomic E-state index is -4.73. The predicted molar refractivity (Wildman–Crippen MR) is 133 cm³/mol. The summed E-state index contributed by atoms with van der Waals surface area (Å²) in [5, 5.41) is 30.7. The Labute approximate surface area is 228 Å². The van der Waals surface area contributed by atoms with Gasteiger partial charge >= 0.3 is 7.82 Å². The average Bonchev–Trinajstić information content (AvgIpc) is 3.71. The van der Waals surface area contributed by atoms with Crippen LogP contribution in [0.25, 0.3) is 22.3 Å². The van der Waals surface area contributed by atoms with Crippen molar-refractivity contribution >= 4 is 30.2 Å². The summed E-state index contributed by atoms with van der Waals surface area (Å²) in [5.41, 5.74) is -0.661. The normalized spacial score (nSPS) is 29.9. The van der Waals surface area contributed by atoms with Crippen LogP contribution in [0.3, 0.4) is 0 Å². The lowest BCUT2D eigenvalue weighted by molar-refractivity contribution is -0.0519. The van der Waals surface area contributed by atoms with Gasteiger partial charge in [-0.25, -0.2) is 24.5 Å². The second-order valence-electron chi connectivity index (χ2n) is 9.46. The maximum Gasteiger partial charge on any atom is 0.472 e. The molecule has 41 heavy (non-hydrogen) atoms. The van der Waals surface area contributed by atoms with Gasteiger partial charge in [-0.3, -0.25) is 27.8 Å². The fraction of sp³-hybridized carbons (Fsp3) is 0.524. The van der Waals surface area contributed by atoms with Crippen molar-refractivity contribution in [2.24, 2.45) is 0 Å². The molecule has 0 aromatic carbocycles. The van der Waals surface area contributed by atoms with Crippen molar-refractivity contribution < 1.29 is 43.3 Å². The van der Waals surface area contributed by atoms with Gasteiger partial charge in [-0.1, -0.05) is 0 Å². The van der Waals surface area contributed by atoms with Crippen LogP contribution >= 0.6 is 7.82 Å². The van der Waals surface area contributed by atoms with E-state index < -0.39 is 75.1 Å². The van der Waals surface area contributed by atoms with Crippen LogP contribution in [0.15, 0.2) is 34.9 Å². The number of rotatable bonds is 9. The van der Waals surface area contributed by atoms with E-state index in [-0.39, 0.29) is 35.2 Å². The van der Waals surface area contributed by atoms with Crippen LogP contribution < -0.4 is 11.1 Å². The van der Waals surface area contributed by atoms with E-state index >= 15 is 0 Å². The number of H-pyrrole nitrogens is 2. The first-order valence-corrected chi connectivity index (χ1v) is 13.9. The highest BCUT2D eigenvalue weighted by molar-refractivity contribution is 7.47. The molecule has 1 unspecified atom stereocenters. The minimum Gasteiger partial charge on any atom is -0.394 e. The number of hydrogen-bond acceptors (Lipinski definition) is 14. The molecule has 20 heteroatoms. The Balaban J connectivity index is 1.11. The van der Waals surface area contributed by atoms with Crippen LogP contribution in [0.5, 0.6) is 0 Å². The van der Waals surface area contributed by atoms with Crippen molar-refractivity contribution in [1.29, 1.82) is 0 Å². The van der Waals surface area contributed by atoms with Crippen LogP contribution in [0.4, 0.5) is 0 Å². The molecule has 2 fully saturated rings. The third kappa shape index (κ3) is 5.11. The summed E-state index contributed by atoms with van der Waals surface area (Å²) in [4.78, 5) is 55.3. The lowest BCUT2D eigenvalue weighted by Gasteiger charge is -2.23. The molecule has 4 aromatic heterocycles. The Hall–Kier alpha value is -3.39. The summed E-state index contributed by atoms with van der Waals surface area (Å²) < 4.78 is 37.5. The van der Waals surface area contributed by atoms with Gasteiger partial charge in [0.25, 0.3) is 11.1 Å². The molecule has 0 aliphatic carbocycles. The maximum absolute atomic E-state index is 12.8. The summed E-state index contributed by atoms with van der Waals surface area (Å²) in [6.07, 6.45) is -3.11. The third-order valence-electron chi connectivity index (χ3n) is 6.89. The molecule has 0 radical (unpaired) electrons. The molecule has 2 saturated heterocycles. The van der Waals surface area contributed by atoms with Crippen LogP contribution in [0.2, 0.25) is 0 Å². The smallest absolute Gasteiger partial charge is 0.394 e. The molecule has 220 valence electrons. The van der Waals surface area contributed by atoms with Gasteiger partial charge in [-0.05, 0) is 0 Å². The lowest BCUT2D eigenvalue weighted by atomic mass is 10.1. The Kier molecular flexibility index (Phi) is 7.30. The van der Waals surface area contributed by atoms with Crippen molar-refractivity contribution in [3.63, 3.8) is 0 Å². The second kappa shape index (κ2) is 10.8. The topological polar surface area (TPSA) is 262 Å². The van der Waals surface area contributed by atoms with Gasteiger partial charge in [-0.2, -0.15) is 0 Å². The number of aliphatic hydroxyl groups is 3. The fourth-order valence-electron chi connectivity index (χ4n) is 4.96. The van der Waals surface area contributed by atoms with Gasteiger partial charge in [0.2, 0.25) is 0 Å². The van der Waals surface area contributed by atoms with Crippen LogP contribution in [-0.2, 0) is 23.1 Å². The summed E-state index contributed by atoms with van der Waals surface area (Å²) in [6, 6.07) is 0. The van der Waals surface area contributed by atoms with Gasteiger partial charge in [0.1, 0.15) is 18.3 Å².